The molecule has 1 aliphatic heterocycles. The van der Waals surface area contributed by atoms with Crippen LogP contribution in [-0.4, -0.2) is 52.0 Å². The van der Waals surface area contributed by atoms with Gasteiger partial charge >= 0.3 is 0 Å². The minimum absolute atomic E-state index is 0.0689. The Hall–Kier alpha value is -1.66. The number of halogens is 1. The summed E-state index contributed by atoms with van der Waals surface area (Å²) >= 11 is 5.90. The molecule has 1 aromatic heterocycles. The number of amides is 1. The Morgan fingerprint density at radius 2 is 2.00 bits per heavy atom. The van der Waals surface area contributed by atoms with E-state index in [-0.39, 0.29) is 12.5 Å². The summed E-state index contributed by atoms with van der Waals surface area (Å²) in [5.41, 5.74) is 1.44. The van der Waals surface area contributed by atoms with Crippen molar-refractivity contribution in [1.82, 2.24) is 25.2 Å². The minimum Gasteiger partial charge on any atom is -0.353 e. The van der Waals surface area contributed by atoms with Crippen molar-refractivity contribution in [3.05, 3.63) is 23.2 Å². The highest BCUT2D eigenvalue weighted by Gasteiger charge is 2.12. The Morgan fingerprint density at radius 3 is 2.81 bits per heavy atom. The molecule has 0 atom stereocenters. The number of fused-ring (bicyclic) bond motifs is 1. The highest BCUT2D eigenvalue weighted by molar-refractivity contribution is 6.31. The van der Waals surface area contributed by atoms with Gasteiger partial charge in [0.1, 0.15) is 17.6 Å². The van der Waals surface area contributed by atoms with E-state index in [4.69, 9.17) is 11.6 Å². The summed E-state index contributed by atoms with van der Waals surface area (Å²) in [7, 11) is 0. The maximum absolute atomic E-state index is 11.9. The molecule has 0 bridgehead atoms. The van der Waals surface area contributed by atoms with E-state index in [1.54, 1.807) is 18.2 Å². The van der Waals surface area contributed by atoms with Crippen molar-refractivity contribution >= 4 is 28.5 Å². The van der Waals surface area contributed by atoms with Gasteiger partial charge in [0, 0.05) is 18.1 Å². The number of benzene rings is 1. The summed E-state index contributed by atoms with van der Waals surface area (Å²) in [6, 6.07) is 5.30. The molecule has 0 radical (unpaired) electrons. The molecule has 1 amide bonds. The standard InChI is InChI=1S/C14H18ClN5O/c15-11-3-4-12-13(9-11)18-20(17-12)10-14(21)16-5-8-19-6-1-2-7-19/h3-4,9H,1-2,5-8,10H2,(H,16,21). The van der Waals surface area contributed by atoms with E-state index in [1.165, 1.54) is 17.6 Å². The van der Waals surface area contributed by atoms with Gasteiger partial charge in [0.25, 0.3) is 0 Å². The number of hydrogen-bond donors (Lipinski definition) is 1. The Morgan fingerprint density at radius 1 is 1.24 bits per heavy atom. The van der Waals surface area contributed by atoms with Crippen molar-refractivity contribution < 1.29 is 4.79 Å². The fraction of sp³-hybridized carbons (Fsp3) is 0.500. The Balaban J connectivity index is 1.51. The molecule has 1 aromatic carbocycles. The summed E-state index contributed by atoms with van der Waals surface area (Å²) in [4.78, 5) is 15.6. The smallest absolute Gasteiger partial charge is 0.243 e. The molecule has 2 aromatic rings. The van der Waals surface area contributed by atoms with E-state index < -0.39 is 0 Å². The lowest BCUT2D eigenvalue weighted by molar-refractivity contribution is -0.122. The number of carbonyl (C=O) groups is 1. The van der Waals surface area contributed by atoms with E-state index in [2.05, 4.69) is 20.4 Å². The number of aromatic nitrogens is 3. The zero-order valence-electron chi connectivity index (χ0n) is 11.8. The van der Waals surface area contributed by atoms with Crippen molar-refractivity contribution in [1.29, 1.82) is 0 Å². The lowest BCUT2D eigenvalue weighted by Crippen LogP contribution is -2.35. The van der Waals surface area contributed by atoms with Crippen molar-refractivity contribution in [3.8, 4) is 0 Å². The molecule has 1 N–H and O–H groups in total. The van der Waals surface area contributed by atoms with Crippen molar-refractivity contribution in [2.75, 3.05) is 26.2 Å². The van der Waals surface area contributed by atoms with Crippen molar-refractivity contribution in [2.24, 2.45) is 0 Å². The van der Waals surface area contributed by atoms with Crippen LogP contribution in [0.15, 0.2) is 18.2 Å². The highest BCUT2D eigenvalue weighted by atomic mass is 35.5. The normalized spacial score (nSPS) is 15.7. The largest absolute Gasteiger partial charge is 0.353 e. The average Bonchev–Trinajstić information content (AvgIpc) is 3.07. The van der Waals surface area contributed by atoms with Crippen molar-refractivity contribution in [2.45, 2.75) is 19.4 Å². The molecule has 1 aliphatic rings. The predicted octanol–water partition coefficient (Wildman–Crippen LogP) is 1.30. The number of carbonyl (C=O) groups excluding carboxylic acids is 1. The van der Waals surface area contributed by atoms with Gasteiger partial charge in [-0.1, -0.05) is 11.6 Å². The van der Waals surface area contributed by atoms with Crippen LogP contribution in [0.2, 0.25) is 5.02 Å². The molecule has 112 valence electrons. The molecule has 0 spiro atoms. The zero-order chi connectivity index (χ0) is 14.7. The van der Waals surface area contributed by atoms with E-state index in [1.807, 2.05) is 0 Å². The summed E-state index contributed by atoms with van der Waals surface area (Å²) in [6.07, 6.45) is 2.53. The third-order valence-electron chi connectivity index (χ3n) is 3.62. The molecule has 1 saturated heterocycles. The van der Waals surface area contributed by atoms with Gasteiger partial charge in [0.2, 0.25) is 5.91 Å². The molecule has 7 heteroatoms. The monoisotopic (exact) mass is 307 g/mol. The second-order valence-corrected chi connectivity index (χ2v) is 5.70. The Bertz CT molecular complexity index is 635. The fourth-order valence-corrected chi connectivity index (χ4v) is 2.71. The zero-order valence-corrected chi connectivity index (χ0v) is 12.5. The maximum atomic E-state index is 11.9. The van der Waals surface area contributed by atoms with Crippen LogP contribution in [0.3, 0.4) is 0 Å². The Labute approximate surface area is 128 Å². The molecule has 2 heterocycles. The van der Waals surface area contributed by atoms with E-state index >= 15 is 0 Å². The summed E-state index contributed by atoms with van der Waals surface area (Å²) < 4.78 is 0. The van der Waals surface area contributed by atoms with E-state index in [9.17, 15) is 4.79 Å². The second-order valence-electron chi connectivity index (χ2n) is 5.26. The minimum atomic E-state index is -0.0689. The highest BCUT2D eigenvalue weighted by Crippen LogP contribution is 2.15. The van der Waals surface area contributed by atoms with Gasteiger partial charge in [-0.15, -0.1) is 0 Å². The van der Waals surface area contributed by atoms with Gasteiger partial charge in [0.15, 0.2) is 0 Å². The average molecular weight is 308 g/mol. The molecule has 6 nitrogen and oxygen atoms in total. The van der Waals surface area contributed by atoms with Crippen LogP contribution in [0.5, 0.6) is 0 Å². The molecule has 21 heavy (non-hydrogen) atoms. The molecule has 3 rings (SSSR count). The van der Waals surface area contributed by atoms with Gasteiger partial charge in [-0.3, -0.25) is 4.79 Å². The number of nitrogens with zero attached hydrogens (tertiary/aromatic N) is 4. The summed E-state index contributed by atoms with van der Waals surface area (Å²) in [5, 5.41) is 12.0. The van der Waals surface area contributed by atoms with Crippen LogP contribution >= 0.6 is 11.6 Å². The number of likely N-dealkylation sites (tertiary alicyclic amines) is 1. The molecule has 1 fully saturated rings. The number of rotatable bonds is 5. The maximum Gasteiger partial charge on any atom is 0.243 e. The topological polar surface area (TPSA) is 63.1 Å². The van der Waals surface area contributed by atoms with Crippen LogP contribution in [0, 0.1) is 0 Å². The van der Waals surface area contributed by atoms with Gasteiger partial charge in [-0.25, -0.2) is 0 Å². The van der Waals surface area contributed by atoms with Gasteiger partial charge in [0.05, 0.1) is 0 Å². The number of nitrogens with one attached hydrogen (secondary N) is 1. The van der Waals surface area contributed by atoms with Crippen LogP contribution in [0.25, 0.3) is 11.0 Å². The second kappa shape index (κ2) is 6.41. The first-order valence-electron chi connectivity index (χ1n) is 7.20. The predicted molar refractivity (Wildman–Crippen MR) is 81.2 cm³/mol. The van der Waals surface area contributed by atoms with Crippen LogP contribution in [0.1, 0.15) is 12.8 Å². The molecular formula is C14H18ClN5O. The van der Waals surface area contributed by atoms with Crippen LogP contribution in [0.4, 0.5) is 0 Å². The molecule has 0 unspecified atom stereocenters. The fourth-order valence-electron chi connectivity index (χ4n) is 2.55. The van der Waals surface area contributed by atoms with Gasteiger partial charge < -0.3 is 10.2 Å². The number of hydrogen-bond acceptors (Lipinski definition) is 4. The third-order valence-corrected chi connectivity index (χ3v) is 3.85. The van der Waals surface area contributed by atoms with Crippen LogP contribution in [-0.2, 0) is 11.3 Å². The Kier molecular flexibility index (Phi) is 4.36. The lowest BCUT2D eigenvalue weighted by atomic mass is 10.3. The van der Waals surface area contributed by atoms with E-state index in [0.29, 0.717) is 17.1 Å². The molecule has 0 aliphatic carbocycles. The SMILES string of the molecule is O=C(Cn1nc2ccc(Cl)cc2n1)NCCN1CCCC1. The van der Waals surface area contributed by atoms with Crippen LogP contribution < -0.4 is 5.32 Å². The first kappa shape index (κ1) is 14.3. The third kappa shape index (κ3) is 3.71. The van der Waals surface area contributed by atoms with Gasteiger partial charge in [-0.2, -0.15) is 15.0 Å². The van der Waals surface area contributed by atoms with Gasteiger partial charge in [-0.05, 0) is 44.1 Å². The quantitative estimate of drug-likeness (QED) is 0.904. The lowest BCUT2D eigenvalue weighted by Gasteiger charge is -2.14. The first-order chi connectivity index (χ1) is 10.2. The summed E-state index contributed by atoms with van der Waals surface area (Å²) in [6.45, 7) is 4.00. The van der Waals surface area contributed by atoms with E-state index in [0.717, 1.165) is 25.2 Å². The molecule has 0 saturated carbocycles. The first-order valence-corrected chi connectivity index (χ1v) is 7.58. The molecular weight excluding hydrogens is 290 g/mol. The summed E-state index contributed by atoms with van der Waals surface area (Å²) in [5.74, 6) is -0.0689. The van der Waals surface area contributed by atoms with Crippen molar-refractivity contribution in [3.63, 3.8) is 0 Å².